The van der Waals surface area contributed by atoms with Crippen molar-refractivity contribution in [1.82, 2.24) is 5.32 Å². The van der Waals surface area contributed by atoms with E-state index in [1.54, 1.807) is 6.92 Å². The van der Waals surface area contributed by atoms with Crippen LogP contribution in [0, 0.1) is 5.41 Å². The number of amides is 1. The summed E-state index contributed by atoms with van der Waals surface area (Å²) in [6.45, 7) is 1.06. The lowest BCUT2D eigenvalue weighted by atomic mass is 10.0. The second-order valence-electron chi connectivity index (χ2n) is 6.09. The number of nitrogens with two attached hydrogens (primary N) is 1. The Morgan fingerprint density at radius 1 is 1.14 bits per heavy atom. The highest BCUT2D eigenvalue weighted by atomic mass is 16.5. The molecule has 0 heterocycles. The van der Waals surface area contributed by atoms with Crippen molar-refractivity contribution in [2.75, 3.05) is 13.7 Å². The molecule has 152 valence electrons. The van der Waals surface area contributed by atoms with Crippen LogP contribution >= 0.6 is 0 Å². The summed E-state index contributed by atoms with van der Waals surface area (Å²) in [4.78, 5) is 35.6. The molecule has 1 unspecified atom stereocenters. The number of carbonyl (C=O) groups is 3. The number of aliphatic carboxylic acids is 1. The van der Waals surface area contributed by atoms with Gasteiger partial charge in [-0.2, -0.15) is 0 Å². The van der Waals surface area contributed by atoms with E-state index in [9.17, 15) is 14.4 Å². The lowest BCUT2D eigenvalue weighted by Gasteiger charge is -2.15. The summed E-state index contributed by atoms with van der Waals surface area (Å²) in [5.41, 5.74) is 6.38. The lowest BCUT2D eigenvalue weighted by molar-refractivity contribution is -0.139. The molecule has 0 aliphatic rings. The topological polar surface area (TPSA) is 152 Å². The highest BCUT2D eigenvalue weighted by molar-refractivity contribution is 6.05. The first-order valence-corrected chi connectivity index (χ1v) is 8.55. The van der Waals surface area contributed by atoms with Gasteiger partial charge in [0.15, 0.2) is 12.4 Å². The standard InChI is InChI=1S/C20H21N3O6/c1-11(18(26)12-3-6-14(7-4-12)29-10-17(24)25)23-20(27)15-8-5-13(19(21)22)9-16(15)28-2/h3-9,11H,10H2,1-2H3,(H3,21,22)(H,23,27)(H,24,25). The first kappa shape index (κ1) is 21.4. The molecule has 2 aromatic rings. The van der Waals surface area contributed by atoms with E-state index in [1.165, 1.54) is 49.6 Å². The Morgan fingerprint density at radius 2 is 1.76 bits per heavy atom. The Labute approximate surface area is 166 Å². The van der Waals surface area contributed by atoms with Crippen LogP contribution in [0.3, 0.4) is 0 Å². The number of amidine groups is 1. The van der Waals surface area contributed by atoms with Crippen LogP contribution in [0.2, 0.25) is 0 Å². The second kappa shape index (κ2) is 9.36. The van der Waals surface area contributed by atoms with Crippen LogP contribution in [0.5, 0.6) is 11.5 Å². The van der Waals surface area contributed by atoms with Crippen molar-refractivity contribution < 1.29 is 29.0 Å². The molecule has 29 heavy (non-hydrogen) atoms. The van der Waals surface area contributed by atoms with Crippen LogP contribution < -0.4 is 20.5 Å². The molecule has 0 saturated carbocycles. The third-order valence-electron chi connectivity index (χ3n) is 4.00. The maximum absolute atomic E-state index is 12.6. The molecule has 5 N–H and O–H groups in total. The van der Waals surface area contributed by atoms with Crippen LogP contribution in [-0.4, -0.2) is 48.4 Å². The molecule has 0 saturated heterocycles. The Kier molecular flexibility index (Phi) is 6.91. The van der Waals surface area contributed by atoms with Crippen molar-refractivity contribution in [2.45, 2.75) is 13.0 Å². The van der Waals surface area contributed by atoms with Gasteiger partial charge in [0.25, 0.3) is 5.91 Å². The van der Waals surface area contributed by atoms with Crippen LogP contribution in [-0.2, 0) is 4.79 Å². The van der Waals surface area contributed by atoms with Crippen LogP contribution in [0.25, 0.3) is 0 Å². The smallest absolute Gasteiger partial charge is 0.341 e. The third kappa shape index (κ3) is 5.55. The number of rotatable bonds is 9. The van der Waals surface area contributed by atoms with Crippen LogP contribution in [0.15, 0.2) is 42.5 Å². The summed E-state index contributed by atoms with van der Waals surface area (Å²) in [6, 6.07) is 9.57. The zero-order chi connectivity index (χ0) is 21.6. The number of methoxy groups -OCH3 is 1. The van der Waals surface area contributed by atoms with Crippen LogP contribution in [0.1, 0.15) is 33.2 Å². The van der Waals surface area contributed by atoms with Gasteiger partial charge in [-0.25, -0.2) is 4.79 Å². The molecule has 9 heteroatoms. The Hall–Kier alpha value is -3.88. The number of benzene rings is 2. The summed E-state index contributed by atoms with van der Waals surface area (Å²) in [5.74, 6) is -1.56. The van der Waals surface area contributed by atoms with Gasteiger partial charge in [0.2, 0.25) is 0 Å². The van der Waals surface area contributed by atoms with Crippen LogP contribution in [0.4, 0.5) is 0 Å². The monoisotopic (exact) mass is 399 g/mol. The van der Waals surface area contributed by atoms with E-state index in [2.05, 4.69) is 5.32 Å². The van der Waals surface area contributed by atoms with E-state index in [1.807, 2.05) is 0 Å². The summed E-state index contributed by atoms with van der Waals surface area (Å²) in [6.07, 6.45) is 0. The molecule has 0 fully saturated rings. The molecule has 2 rings (SSSR count). The van der Waals surface area contributed by atoms with Crippen molar-refractivity contribution in [2.24, 2.45) is 5.73 Å². The molecule has 9 nitrogen and oxygen atoms in total. The minimum absolute atomic E-state index is 0.158. The largest absolute Gasteiger partial charge is 0.496 e. The van der Waals surface area contributed by atoms with Gasteiger partial charge in [-0.15, -0.1) is 0 Å². The summed E-state index contributed by atoms with van der Waals surface area (Å²) < 4.78 is 10.2. The maximum Gasteiger partial charge on any atom is 0.341 e. The van der Waals surface area contributed by atoms with E-state index >= 15 is 0 Å². The number of Topliss-reactive ketones (excluding diaryl/α,β-unsaturated/α-hetero) is 1. The summed E-state index contributed by atoms with van der Waals surface area (Å²) in [5, 5.41) is 18.7. The van der Waals surface area contributed by atoms with Gasteiger partial charge >= 0.3 is 5.97 Å². The molecule has 0 aromatic heterocycles. The van der Waals surface area contributed by atoms with Crippen molar-refractivity contribution >= 4 is 23.5 Å². The molecule has 1 amide bonds. The van der Waals surface area contributed by atoms with E-state index in [0.717, 1.165) is 0 Å². The number of nitrogens with one attached hydrogen (secondary N) is 2. The average Bonchev–Trinajstić information content (AvgIpc) is 2.71. The van der Waals surface area contributed by atoms with Gasteiger partial charge in [-0.1, -0.05) is 6.07 Å². The number of carboxylic acids is 1. The SMILES string of the molecule is COc1cc(C(=N)N)ccc1C(=O)NC(C)C(=O)c1ccc(OCC(=O)O)cc1. The zero-order valence-electron chi connectivity index (χ0n) is 15.9. The summed E-state index contributed by atoms with van der Waals surface area (Å²) >= 11 is 0. The number of hydrogen-bond donors (Lipinski definition) is 4. The predicted molar refractivity (Wildman–Crippen MR) is 105 cm³/mol. The third-order valence-corrected chi connectivity index (χ3v) is 4.00. The fourth-order valence-corrected chi connectivity index (χ4v) is 2.50. The first-order chi connectivity index (χ1) is 13.7. The van der Waals surface area contributed by atoms with Crippen molar-refractivity contribution in [3.05, 3.63) is 59.2 Å². The lowest BCUT2D eigenvalue weighted by Crippen LogP contribution is -2.38. The number of carbonyl (C=O) groups excluding carboxylic acids is 2. The molecule has 0 aliphatic heterocycles. The van der Waals surface area contributed by atoms with E-state index < -0.39 is 24.5 Å². The normalized spacial score (nSPS) is 11.2. The molecule has 0 aliphatic carbocycles. The van der Waals surface area contributed by atoms with Gasteiger partial charge < -0.3 is 25.6 Å². The van der Waals surface area contributed by atoms with Crippen molar-refractivity contribution in [3.63, 3.8) is 0 Å². The number of carboxylic acid groups (broad SMARTS) is 1. The fraction of sp³-hybridized carbons (Fsp3) is 0.200. The number of hydrogen-bond acceptors (Lipinski definition) is 6. The fourth-order valence-electron chi connectivity index (χ4n) is 2.50. The van der Waals surface area contributed by atoms with Gasteiger partial charge in [-0.3, -0.25) is 15.0 Å². The van der Waals surface area contributed by atoms with E-state index in [0.29, 0.717) is 16.9 Å². The Morgan fingerprint density at radius 3 is 2.31 bits per heavy atom. The van der Waals surface area contributed by atoms with Gasteiger partial charge in [0.1, 0.15) is 17.3 Å². The first-order valence-electron chi connectivity index (χ1n) is 8.55. The highest BCUT2D eigenvalue weighted by Gasteiger charge is 2.21. The molecular formula is C20H21N3O6. The minimum atomic E-state index is -1.10. The molecule has 0 bridgehead atoms. The van der Waals surface area contributed by atoms with Gasteiger partial charge in [0, 0.05) is 11.1 Å². The Balaban J connectivity index is 2.08. The molecule has 0 spiro atoms. The molecule has 0 radical (unpaired) electrons. The average molecular weight is 399 g/mol. The van der Waals surface area contributed by atoms with E-state index in [4.69, 9.17) is 25.7 Å². The zero-order valence-corrected chi connectivity index (χ0v) is 15.9. The maximum atomic E-state index is 12.6. The van der Waals surface area contributed by atoms with Gasteiger partial charge in [0.05, 0.1) is 18.7 Å². The number of ether oxygens (including phenoxy) is 2. The van der Waals surface area contributed by atoms with E-state index in [-0.39, 0.29) is 22.9 Å². The van der Waals surface area contributed by atoms with Crippen molar-refractivity contribution in [1.29, 1.82) is 5.41 Å². The molecule has 1 atom stereocenters. The second-order valence-corrected chi connectivity index (χ2v) is 6.09. The summed E-state index contributed by atoms with van der Waals surface area (Å²) in [7, 11) is 1.39. The molecular weight excluding hydrogens is 378 g/mol. The predicted octanol–water partition coefficient (Wildman–Crippen LogP) is 1.44. The Bertz CT molecular complexity index is 940. The minimum Gasteiger partial charge on any atom is -0.496 e. The molecule has 2 aromatic carbocycles. The quantitative estimate of drug-likeness (QED) is 0.283. The number of nitrogen functional groups attached to an aromatic ring is 1. The van der Waals surface area contributed by atoms with Crippen molar-refractivity contribution in [3.8, 4) is 11.5 Å². The highest BCUT2D eigenvalue weighted by Crippen LogP contribution is 2.20. The number of ketones is 1. The van der Waals surface area contributed by atoms with Gasteiger partial charge in [-0.05, 0) is 43.3 Å².